The van der Waals surface area contributed by atoms with Gasteiger partial charge in [0.25, 0.3) is 5.91 Å². The number of aromatic hydroxyl groups is 1. The van der Waals surface area contributed by atoms with E-state index >= 15 is 0 Å². The van der Waals surface area contributed by atoms with Crippen LogP contribution >= 0.6 is 0 Å². The average molecular weight is 387 g/mol. The molecule has 0 aliphatic carbocycles. The lowest BCUT2D eigenvalue weighted by molar-refractivity contribution is -0.183. The van der Waals surface area contributed by atoms with Crippen molar-refractivity contribution in [2.45, 2.75) is 26.6 Å². The highest BCUT2D eigenvalue weighted by Crippen LogP contribution is 2.31. The molecule has 28 heavy (non-hydrogen) atoms. The molecular formula is C21H25NO6. The van der Waals surface area contributed by atoms with Crippen molar-refractivity contribution in [2.24, 2.45) is 0 Å². The summed E-state index contributed by atoms with van der Waals surface area (Å²) in [6.45, 7) is 5.90. The van der Waals surface area contributed by atoms with Crippen LogP contribution in [0.1, 0.15) is 42.5 Å². The summed E-state index contributed by atoms with van der Waals surface area (Å²) < 4.78 is 22.2. The first-order valence-corrected chi connectivity index (χ1v) is 9.39. The van der Waals surface area contributed by atoms with Gasteiger partial charge in [-0.15, -0.1) is 0 Å². The first kappa shape index (κ1) is 20.0. The average Bonchev–Trinajstić information content (AvgIpc) is 2.70. The lowest BCUT2D eigenvalue weighted by Gasteiger charge is -2.24. The number of hydrogen-bond acceptors (Lipinski definition) is 6. The topological polar surface area (TPSA) is 86.3 Å². The zero-order chi connectivity index (χ0) is 19.9. The van der Waals surface area contributed by atoms with Crippen LogP contribution < -0.4 is 14.8 Å². The molecule has 0 aromatic heterocycles. The van der Waals surface area contributed by atoms with Crippen LogP contribution in [0, 0.1) is 0 Å². The van der Waals surface area contributed by atoms with Gasteiger partial charge in [-0.05, 0) is 44.5 Å². The van der Waals surface area contributed by atoms with Gasteiger partial charge in [-0.1, -0.05) is 6.07 Å². The van der Waals surface area contributed by atoms with Crippen molar-refractivity contribution >= 4 is 11.6 Å². The predicted molar refractivity (Wildman–Crippen MR) is 104 cm³/mol. The van der Waals surface area contributed by atoms with Crippen LogP contribution in [0.3, 0.4) is 0 Å². The van der Waals surface area contributed by atoms with Gasteiger partial charge in [0.15, 0.2) is 6.29 Å². The lowest BCUT2D eigenvalue weighted by atomic mass is 10.1. The number of rotatable bonds is 7. The van der Waals surface area contributed by atoms with Gasteiger partial charge in [0.05, 0.1) is 32.1 Å². The highest BCUT2D eigenvalue weighted by Gasteiger charge is 2.19. The highest BCUT2D eigenvalue weighted by atomic mass is 16.7. The van der Waals surface area contributed by atoms with Crippen molar-refractivity contribution < 1.29 is 28.8 Å². The molecule has 7 heteroatoms. The molecule has 0 saturated carbocycles. The molecule has 1 aliphatic rings. The molecule has 1 aliphatic heterocycles. The van der Waals surface area contributed by atoms with E-state index in [1.165, 1.54) is 6.07 Å². The first-order chi connectivity index (χ1) is 13.6. The summed E-state index contributed by atoms with van der Waals surface area (Å²) >= 11 is 0. The smallest absolute Gasteiger partial charge is 0.256 e. The van der Waals surface area contributed by atoms with Gasteiger partial charge in [0, 0.05) is 17.2 Å². The number of anilines is 1. The van der Waals surface area contributed by atoms with E-state index in [2.05, 4.69) is 5.32 Å². The molecule has 0 bridgehead atoms. The number of carbonyl (C=O) groups is 1. The number of carbonyl (C=O) groups excluding carboxylic acids is 1. The second kappa shape index (κ2) is 9.43. The molecule has 3 rings (SSSR count). The van der Waals surface area contributed by atoms with Crippen LogP contribution in [0.4, 0.5) is 5.69 Å². The molecule has 1 saturated heterocycles. The number of benzene rings is 2. The SMILES string of the molecule is CCOc1cc(OCC)cc(C(=O)Nc2cc(C3OCCCO3)ccc2O)c1. The summed E-state index contributed by atoms with van der Waals surface area (Å²) in [6.07, 6.45) is 0.340. The molecule has 1 heterocycles. The Balaban J connectivity index is 1.82. The van der Waals surface area contributed by atoms with Crippen LogP contribution in [-0.4, -0.2) is 37.4 Å². The van der Waals surface area contributed by atoms with E-state index < -0.39 is 6.29 Å². The molecule has 7 nitrogen and oxygen atoms in total. The lowest BCUT2D eigenvalue weighted by Crippen LogP contribution is -2.18. The molecule has 0 spiro atoms. The molecule has 1 fully saturated rings. The molecule has 1 amide bonds. The van der Waals surface area contributed by atoms with Crippen molar-refractivity contribution in [3.05, 3.63) is 47.5 Å². The molecule has 0 unspecified atom stereocenters. The third-order valence-electron chi connectivity index (χ3n) is 4.13. The van der Waals surface area contributed by atoms with Gasteiger partial charge in [-0.25, -0.2) is 0 Å². The van der Waals surface area contributed by atoms with Crippen LogP contribution in [-0.2, 0) is 9.47 Å². The summed E-state index contributed by atoms with van der Waals surface area (Å²) in [5.41, 5.74) is 1.37. The zero-order valence-corrected chi connectivity index (χ0v) is 16.1. The molecule has 2 aromatic carbocycles. The van der Waals surface area contributed by atoms with E-state index in [9.17, 15) is 9.90 Å². The number of phenols is 1. The monoisotopic (exact) mass is 387 g/mol. The van der Waals surface area contributed by atoms with Crippen LogP contribution in [0.25, 0.3) is 0 Å². The molecule has 2 N–H and O–H groups in total. The van der Waals surface area contributed by atoms with Gasteiger partial charge in [-0.3, -0.25) is 4.79 Å². The van der Waals surface area contributed by atoms with Gasteiger partial charge in [-0.2, -0.15) is 0 Å². The Morgan fingerprint density at radius 1 is 1.07 bits per heavy atom. The Morgan fingerprint density at radius 3 is 2.32 bits per heavy atom. The Bertz CT molecular complexity index is 792. The predicted octanol–water partition coefficient (Wildman–Crippen LogP) is 3.88. The second-order valence-corrected chi connectivity index (χ2v) is 6.22. The number of amides is 1. The number of nitrogens with one attached hydrogen (secondary N) is 1. The zero-order valence-electron chi connectivity index (χ0n) is 16.1. The van der Waals surface area contributed by atoms with Crippen molar-refractivity contribution in [1.29, 1.82) is 0 Å². The van der Waals surface area contributed by atoms with Crippen molar-refractivity contribution in [3.63, 3.8) is 0 Å². The number of ether oxygens (including phenoxy) is 4. The number of hydrogen-bond donors (Lipinski definition) is 2. The molecule has 150 valence electrons. The standard InChI is InChI=1S/C21H25NO6/c1-3-25-16-10-15(11-17(13-16)26-4-2)20(24)22-18-12-14(6-7-19(18)23)21-27-8-5-9-28-21/h6-7,10-13,21,23H,3-5,8-9H2,1-2H3,(H,22,24). The Kier molecular flexibility index (Phi) is 6.73. The van der Waals surface area contributed by atoms with E-state index in [4.69, 9.17) is 18.9 Å². The first-order valence-electron chi connectivity index (χ1n) is 9.39. The van der Waals surface area contributed by atoms with Crippen LogP contribution in [0.5, 0.6) is 17.2 Å². The quantitative estimate of drug-likeness (QED) is 0.701. The summed E-state index contributed by atoms with van der Waals surface area (Å²) in [7, 11) is 0. The van der Waals surface area contributed by atoms with Gasteiger partial charge in [0.2, 0.25) is 0 Å². The maximum absolute atomic E-state index is 12.8. The van der Waals surface area contributed by atoms with E-state index in [0.717, 1.165) is 12.0 Å². The minimum absolute atomic E-state index is 0.0427. The molecule has 0 radical (unpaired) electrons. The third kappa shape index (κ3) is 4.94. The van der Waals surface area contributed by atoms with Crippen molar-refractivity contribution in [3.8, 4) is 17.2 Å². The highest BCUT2D eigenvalue weighted by molar-refractivity contribution is 6.05. The third-order valence-corrected chi connectivity index (χ3v) is 4.13. The minimum Gasteiger partial charge on any atom is -0.506 e. The summed E-state index contributed by atoms with van der Waals surface area (Å²) in [5, 5.41) is 12.9. The molecule has 0 atom stereocenters. The summed E-state index contributed by atoms with van der Waals surface area (Å²) in [6, 6.07) is 9.88. The normalized spacial score (nSPS) is 14.5. The fourth-order valence-corrected chi connectivity index (χ4v) is 2.88. The summed E-state index contributed by atoms with van der Waals surface area (Å²) in [4.78, 5) is 12.8. The van der Waals surface area contributed by atoms with E-state index in [0.29, 0.717) is 43.5 Å². The van der Waals surface area contributed by atoms with Crippen LogP contribution in [0.2, 0.25) is 0 Å². The van der Waals surface area contributed by atoms with E-state index in [1.54, 1.807) is 30.3 Å². The Labute approximate surface area is 164 Å². The van der Waals surface area contributed by atoms with E-state index in [-0.39, 0.29) is 17.3 Å². The maximum atomic E-state index is 12.8. The fraction of sp³-hybridized carbons (Fsp3) is 0.381. The summed E-state index contributed by atoms with van der Waals surface area (Å²) in [5.74, 6) is 0.653. The Hall–Kier alpha value is -2.77. The molecular weight excluding hydrogens is 362 g/mol. The van der Waals surface area contributed by atoms with Gasteiger partial charge >= 0.3 is 0 Å². The largest absolute Gasteiger partial charge is 0.506 e. The minimum atomic E-state index is -0.504. The number of phenolic OH excluding ortho intramolecular Hbond substituents is 1. The Morgan fingerprint density at radius 2 is 1.71 bits per heavy atom. The fourth-order valence-electron chi connectivity index (χ4n) is 2.88. The van der Waals surface area contributed by atoms with E-state index in [1.807, 2.05) is 13.8 Å². The van der Waals surface area contributed by atoms with Crippen molar-refractivity contribution in [1.82, 2.24) is 0 Å². The maximum Gasteiger partial charge on any atom is 0.256 e. The van der Waals surface area contributed by atoms with Crippen LogP contribution in [0.15, 0.2) is 36.4 Å². The van der Waals surface area contributed by atoms with Crippen molar-refractivity contribution in [2.75, 3.05) is 31.7 Å². The second-order valence-electron chi connectivity index (χ2n) is 6.22. The van der Waals surface area contributed by atoms with Gasteiger partial charge in [0.1, 0.15) is 17.2 Å². The van der Waals surface area contributed by atoms with Gasteiger partial charge < -0.3 is 29.4 Å². The molecule has 2 aromatic rings.